The molecule has 0 heterocycles. The third-order valence-corrected chi connectivity index (χ3v) is 1.32. The number of aliphatic imine (C=N–C) groups is 1. The van der Waals surface area contributed by atoms with Gasteiger partial charge in [0.15, 0.2) is 0 Å². The Morgan fingerprint density at radius 2 is 1.92 bits per heavy atom. The van der Waals surface area contributed by atoms with E-state index < -0.39 is 0 Å². The molecule has 0 unspecified atom stereocenters. The van der Waals surface area contributed by atoms with Crippen molar-refractivity contribution >= 4 is 43.2 Å². The molecular weight excluding hydrogens is 231 g/mol. The molecule has 0 rings (SSSR count). The van der Waals surface area contributed by atoms with Crippen LogP contribution in [0.15, 0.2) is 9.36 Å². The third kappa shape index (κ3) is 14.8. The second-order valence-corrected chi connectivity index (χ2v) is 2.67. The van der Waals surface area contributed by atoms with E-state index in [1.165, 1.54) is 0 Å². The lowest BCUT2D eigenvalue weighted by Crippen LogP contribution is -2.14. The van der Waals surface area contributed by atoms with Crippen molar-refractivity contribution in [2.75, 3.05) is 27.2 Å². The quantitative estimate of drug-likeness (QED) is 0.454. The number of rotatable bonds is 4. The number of hydrogen-bond acceptors (Lipinski definition) is 3. The van der Waals surface area contributed by atoms with Crippen molar-refractivity contribution in [1.29, 1.82) is 0 Å². The fourth-order valence-electron chi connectivity index (χ4n) is 0.609. The molecule has 0 amide bonds. The topological polar surface area (TPSA) is 54.0 Å². The maximum absolute atomic E-state index is 5.26. The van der Waals surface area contributed by atoms with E-state index in [9.17, 15) is 0 Å². The summed E-state index contributed by atoms with van der Waals surface area (Å²) in [4.78, 5) is 6.01. The lowest BCUT2D eigenvalue weighted by atomic mass is 10.4. The van der Waals surface area contributed by atoms with Crippen molar-refractivity contribution in [3.8, 4) is 0 Å². The van der Waals surface area contributed by atoms with Gasteiger partial charge in [-0.1, -0.05) is 0 Å². The first-order chi connectivity index (χ1) is 5.16. The Kier molecular flexibility index (Phi) is 17.3. The molecule has 0 aliphatic heterocycles. The van der Waals surface area contributed by atoms with E-state index in [2.05, 4.69) is 26.7 Å². The van der Waals surface area contributed by atoms with Crippen molar-refractivity contribution in [2.45, 2.75) is 6.42 Å². The van der Waals surface area contributed by atoms with Gasteiger partial charge in [0.2, 0.25) is 5.96 Å². The highest BCUT2D eigenvalue weighted by atomic mass is 35.5. The summed E-state index contributed by atoms with van der Waals surface area (Å²) in [5.41, 5.74) is 5.26. The van der Waals surface area contributed by atoms with Crippen molar-refractivity contribution in [3.05, 3.63) is 0 Å². The highest BCUT2D eigenvalue weighted by molar-refractivity contribution is 7.47. The summed E-state index contributed by atoms with van der Waals surface area (Å²) in [6.07, 6.45) is 0.985. The molecule has 80 valence electrons. The maximum atomic E-state index is 5.26. The van der Waals surface area contributed by atoms with E-state index in [4.69, 9.17) is 5.73 Å². The summed E-state index contributed by atoms with van der Waals surface area (Å²) < 4.78 is 3.30. The summed E-state index contributed by atoms with van der Waals surface area (Å²) in [6, 6.07) is 0. The molecule has 2 N–H and O–H groups in total. The minimum Gasteiger partial charge on any atom is -0.367 e. The van der Waals surface area contributed by atoms with Gasteiger partial charge in [-0.25, -0.2) is 0 Å². The van der Waals surface area contributed by atoms with Gasteiger partial charge in [-0.2, -0.15) is 0 Å². The van der Waals surface area contributed by atoms with Gasteiger partial charge in [-0.3, -0.25) is 4.99 Å². The van der Waals surface area contributed by atoms with Crippen LogP contribution < -0.4 is 5.73 Å². The van der Waals surface area contributed by atoms with E-state index in [0.717, 1.165) is 13.0 Å². The zero-order valence-corrected chi connectivity index (χ0v) is 10.2. The fraction of sp³-hybridized carbons (Fsp3) is 0.833. The number of nitrogens with zero attached hydrogens (tertiary/aromatic N) is 3. The SMILES string of the molecule is CN(C)CCCN=C(N)N=S.Cl.Cl. The van der Waals surface area contributed by atoms with Crippen LogP contribution in [0.25, 0.3) is 0 Å². The summed E-state index contributed by atoms with van der Waals surface area (Å²) >= 11 is 4.33. The molecule has 0 spiro atoms. The second kappa shape index (κ2) is 12.0. The molecule has 7 heteroatoms. The molecule has 13 heavy (non-hydrogen) atoms. The molecule has 0 aromatic carbocycles. The Balaban J connectivity index is -0.000000500. The highest BCUT2D eigenvalue weighted by Crippen LogP contribution is 1.84. The highest BCUT2D eigenvalue weighted by Gasteiger charge is 1.89. The van der Waals surface area contributed by atoms with Crippen LogP contribution in [0.3, 0.4) is 0 Å². The van der Waals surface area contributed by atoms with Crippen molar-refractivity contribution in [2.24, 2.45) is 15.1 Å². The first-order valence-electron chi connectivity index (χ1n) is 3.45. The van der Waals surface area contributed by atoms with E-state index in [1.54, 1.807) is 0 Å². The fourth-order valence-corrected chi connectivity index (χ4v) is 0.667. The lowest BCUT2D eigenvalue weighted by molar-refractivity contribution is 0.403. The predicted molar refractivity (Wildman–Crippen MR) is 63.9 cm³/mol. The Labute approximate surface area is 97.0 Å². The van der Waals surface area contributed by atoms with Crippen LogP contribution in [0.5, 0.6) is 0 Å². The molecule has 0 saturated carbocycles. The van der Waals surface area contributed by atoms with E-state index in [1.807, 2.05) is 14.1 Å². The zero-order chi connectivity index (χ0) is 8.69. The molecule has 0 radical (unpaired) electrons. The largest absolute Gasteiger partial charge is 0.367 e. The molecule has 0 aromatic heterocycles. The Morgan fingerprint density at radius 1 is 1.38 bits per heavy atom. The van der Waals surface area contributed by atoms with Crippen LogP contribution in [0, 0.1) is 0 Å². The minimum absolute atomic E-state index is 0. The van der Waals surface area contributed by atoms with Crippen LogP contribution in [0.1, 0.15) is 6.42 Å². The van der Waals surface area contributed by atoms with Gasteiger partial charge in [0.05, 0.1) is 0 Å². The van der Waals surface area contributed by atoms with Gasteiger partial charge in [0.25, 0.3) is 0 Å². The van der Waals surface area contributed by atoms with E-state index in [0.29, 0.717) is 6.54 Å². The Morgan fingerprint density at radius 3 is 2.31 bits per heavy atom. The molecule has 0 fully saturated rings. The van der Waals surface area contributed by atoms with Crippen molar-refractivity contribution in [1.82, 2.24) is 4.90 Å². The smallest absolute Gasteiger partial charge is 0.227 e. The minimum atomic E-state index is 0. The van der Waals surface area contributed by atoms with Gasteiger partial charge in [-0.05, 0) is 27.1 Å². The van der Waals surface area contributed by atoms with Gasteiger partial charge >= 0.3 is 0 Å². The predicted octanol–water partition coefficient (Wildman–Crippen LogP) is 0.827. The molecule has 0 bridgehead atoms. The zero-order valence-electron chi connectivity index (χ0n) is 7.77. The Hall–Kier alpha value is 0.0300. The average Bonchev–Trinajstić information content (AvgIpc) is 1.97. The number of hydrogen-bond donors (Lipinski definition) is 1. The maximum Gasteiger partial charge on any atom is 0.227 e. The van der Waals surface area contributed by atoms with Crippen LogP contribution in [-0.2, 0) is 12.4 Å². The standard InChI is InChI=1S/C6H14N4S.2ClH/c1-10(2)5-3-4-8-6(7)9-11;;/h3-5H2,1-2H3,(H2,7,8);2*1H. The van der Waals surface area contributed by atoms with Crippen LogP contribution in [0.4, 0.5) is 0 Å². The normalized spacial score (nSPS) is 10.2. The first-order valence-corrected chi connectivity index (χ1v) is 3.81. The summed E-state index contributed by atoms with van der Waals surface area (Å²) in [6.45, 7) is 1.71. The van der Waals surface area contributed by atoms with Crippen LogP contribution in [-0.4, -0.2) is 38.0 Å². The van der Waals surface area contributed by atoms with Crippen molar-refractivity contribution < 1.29 is 0 Å². The average molecular weight is 247 g/mol. The molecule has 0 aromatic rings. The molecule has 4 nitrogen and oxygen atoms in total. The molecule has 0 aliphatic carbocycles. The van der Waals surface area contributed by atoms with Gasteiger partial charge < -0.3 is 10.6 Å². The molecule has 0 aliphatic rings. The van der Waals surface area contributed by atoms with Gasteiger partial charge in [0.1, 0.15) is 0 Å². The van der Waals surface area contributed by atoms with E-state index in [-0.39, 0.29) is 30.8 Å². The molecule has 0 atom stereocenters. The number of halogens is 2. The van der Waals surface area contributed by atoms with E-state index >= 15 is 0 Å². The first kappa shape index (κ1) is 18.7. The van der Waals surface area contributed by atoms with Gasteiger partial charge in [-0.15, -0.1) is 29.2 Å². The Bertz CT molecular complexity index is 152. The molecular formula is C6H16Cl2N4S. The molecule has 0 saturated heterocycles. The lowest BCUT2D eigenvalue weighted by Gasteiger charge is -2.06. The van der Waals surface area contributed by atoms with Gasteiger partial charge in [0, 0.05) is 19.0 Å². The van der Waals surface area contributed by atoms with Crippen LogP contribution in [0.2, 0.25) is 0 Å². The monoisotopic (exact) mass is 246 g/mol. The third-order valence-electron chi connectivity index (χ3n) is 1.13. The summed E-state index contributed by atoms with van der Waals surface area (Å²) in [5.74, 6) is 0.207. The van der Waals surface area contributed by atoms with Crippen LogP contribution >= 0.6 is 24.8 Å². The van der Waals surface area contributed by atoms with Crippen molar-refractivity contribution in [3.63, 3.8) is 0 Å². The number of nitrogens with two attached hydrogens (primary N) is 1. The number of guanidine groups is 1. The summed E-state index contributed by atoms with van der Waals surface area (Å²) in [5, 5.41) is 0. The summed E-state index contributed by atoms with van der Waals surface area (Å²) in [7, 11) is 4.04. The second-order valence-electron chi connectivity index (χ2n) is 2.49.